The molecule has 1 aromatic heterocycles. The summed E-state index contributed by atoms with van der Waals surface area (Å²) < 4.78 is 7.04. The molecule has 0 aliphatic rings. The monoisotopic (exact) mass is 299 g/mol. The van der Waals surface area contributed by atoms with Crippen molar-refractivity contribution >= 4 is 5.91 Å². The molecule has 1 N–H and O–H groups in total. The smallest absolute Gasteiger partial charge is 0.289 e. The molecule has 2 rings (SSSR count). The number of amides is 1. The minimum Gasteiger partial charge on any atom is -0.497 e. The molecule has 0 bridgehead atoms. The summed E-state index contributed by atoms with van der Waals surface area (Å²) in [5.74, 6) is 0.820. The Bertz CT molecular complexity index is 606. The van der Waals surface area contributed by atoms with Crippen molar-refractivity contribution in [2.45, 2.75) is 32.9 Å². The number of rotatable bonds is 6. The molecule has 0 radical (unpaired) electrons. The number of nitrogens with one attached hydrogen (secondary N) is 1. The van der Waals surface area contributed by atoms with Gasteiger partial charge in [0.2, 0.25) is 6.04 Å². The van der Waals surface area contributed by atoms with Gasteiger partial charge < -0.3 is 10.1 Å². The Hall–Kier alpha value is -2.36. The Labute approximate surface area is 131 Å². The number of methoxy groups -OCH3 is 1. The molecule has 0 aliphatic heterocycles. The molecule has 0 spiro atoms. The number of carbonyl (C=O) groups excluding carboxylic acids is 1. The summed E-state index contributed by atoms with van der Waals surface area (Å²) in [5.41, 5.74) is 2.31. The fraction of sp³-hybridized carbons (Fsp3) is 0.333. The second kappa shape index (κ2) is 7.59. The molecule has 116 valence electrons. The van der Waals surface area contributed by atoms with E-state index in [0.717, 1.165) is 17.7 Å². The zero-order valence-corrected chi connectivity index (χ0v) is 13.4. The highest BCUT2D eigenvalue weighted by Gasteiger charge is 2.21. The van der Waals surface area contributed by atoms with E-state index < -0.39 is 0 Å². The molecule has 1 aromatic carbocycles. The minimum atomic E-state index is -0.232. The molecule has 0 saturated carbocycles. The van der Waals surface area contributed by atoms with Gasteiger partial charge in [0.05, 0.1) is 7.11 Å². The van der Waals surface area contributed by atoms with E-state index in [4.69, 9.17) is 4.74 Å². The Morgan fingerprint density at radius 3 is 2.32 bits per heavy atom. The molecule has 1 atom stereocenters. The van der Waals surface area contributed by atoms with E-state index in [1.165, 1.54) is 5.56 Å². The number of aryl methyl sites for hydroxylation is 1. The number of aromatic nitrogens is 1. The first-order valence-corrected chi connectivity index (χ1v) is 7.54. The summed E-state index contributed by atoms with van der Waals surface area (Å²) in [6, 6.07) is 11.6. The molecule has 0 fully saturated rings. The van der Waals surface area contributed by atoms with Gasteiger partial charge in [-0.15, -0.1) is 0 Å². The topological polar surface area (TPSA) is 42.2 Å². The molecule has 0 saturated heterocycles. The maximum Gasteiger partial charge on any atom is 0.289 e. The third-order valence-corrected chi connectivity index (χ3v) is 3.78. The number of hydrogen-bond acceptors (Lipinski definition) is 2. The van der Waals surface area contributed by atoms with Gasteiger partial charge in [-0.05, 0) is 29.7 Å². The van der Waals surface area contributed by atoms with Crippen molar-refractivity contribution in [1.82, 2.24) is 5.32 Å². The second-order valence-corrected chi connectivity index (χ2v) is 5.25. The van der Waals surface area contributed by atoms with Gasteiger partial charge in [-0.3, -0.25) is 4.79 Å². The zero-order chi connectivity index (χ0) is 15.9. The highest BCUT2D eigenvalue weighted by Crippen LogP contribution is 2.11. The van der Waals surface area contributed by atoms with E-state index in [-0.39, 0.29) is 11.9 Å². The van der Waals surface area contributed by atoms with Gasteiger partial charge in [0.25, 0.3) is 5.91 Å². The van der Waals surface area contributed by atoms with E-state index in [0.29, 0.717) is 6.54 Å². The summed E-state index contributed by atoms with van der Waals surface area (Å²) in [4.78, 5) is 12.2. The van der Waals surface area contributed by atoms with Gasteiger partial charge >= 0.3 is 0 Å². The van der Waals surface area contributed by atoms with Gasteiger partial charge in [-0.1, -0.05) is 19.1 Å². The second-order valence-electron chi connectivity index (χ2n) is 5.25. The Balaban J connectivity index is 1.92. The lowest BCUT2D eigenvalue weighted by atomic mass is 10.2. The summed E-state index contributed by atoms with van der Waals surface area (Å²) in [5, 5.41) is 2.96. The molecule has 22 heavy (non-hydrogen) atoms. The summed E-state index contributed by atoms with van der Waals surface area (Å²) in [7, 11) is 1.64. The maximum absolute atomic E-state index is 12.2. The standard InChI is InChI=1S/C18H22N2O2/c1-4-15-9-11-20(12-10-15)14(2)18(21)19-13-16-5-7-17(22-3)8-6-16/h5-12,14H,4,13H2,1-3H3/p+1/t14-/m0/s1. The molecular formula is C18H23N2O2+. The van der Waals surface area contributed by atoms with Crippen LogP contribution in [0.1, 0.15) is 31.0 Å². The molecule has 1 heterocycles. The highest BCUT2D eigenvalue weighted by molar-refractivity contribution is 5.78. The predicted molar refractivity (Wildman–Crippen MR) is 85.6 cm³/mol. The first-order valence-electron chi connectivity index (χ1n) is 7.54. The van der Waals surface area contributed by atoms with Crippen LogP contribution in [-0.4, -0.2) is 13.0 Å². The van der Waals surface area contributed by atoms with Crippen LogP contribution in [0.4, 0.5) is 0 Å². The fourth-order valence-corrected chi connectivity index (χ4v) is 2.18. The summed E-state index contributed by atoms with van der Waals surface area (Å²) in [6.07, 6.45) is 4.91. The van der Waals surface area contributed by atoms with Crippen LogP contribution in [0.5, 0.6) is 5.75 Å². The van der Waals surface area contributed by atoms with Crippen LogP contribution in [0.3, 0.4) is 0 Å². The van der Waals surface area contributed by atoms with Crippen molar-refractivity contribution in [3.63, 3.8) is 0 Å². The molecule has 4 nitrogen and oxygen atoms in total. The van der Waals surface area contributed by atoms with Crippen LogP contribution >= 0.6 is 0 Å². The quantitative estimate of drug-likeness (QED) is 0.832. The van der Waals surface area contributed by atoms with Crippen molar-refractivity contribution < 1.29 is 14.1 Å². The van der Waals surface area contributed by atoms with Crippen LogP contribution < -0.4 is 14.6 Å². The Kier molecular flexibility index (Phi) is 5.53. The van der Waals surface area contributed by atoms with Crippen molar-refractivity contribution in [2.75, 3.05) is 7.11 Å². The molecule has 0 unspecified atom stereocenters. The third kappa shape index (κ3) is 4.07. The van der Waals surface area contributed by atoms with Crippen LogP contribution in [-0.2, 0) is 17.8 Å². The van der Waals surface area contributed by atoms with Crippen LogP contribution in [0.15, 0.2) is 48.8 Å². The lowest BCUT2D eigenvalue weighted by Crippen LogP contribution is -2.46. The molecular weight excluding hydrogens is 276 g/mol. The molecule has 1 amide bonds. The number of nitrogens with zero attached hydrogens (tertiary/aromatic N) is 1. The average Bonchev–Trinajstić information content (AvgIpc) is 2.59. The van der Waals surface area contributed by atoms with Gasteiger partial charge in [0, 0.05) is 25.6 Å². The lowest BCUT2D eigenvalue weighted by molar-refractivity contribution is -0.706. The van der Waals surface area contributed by atoms with Gasteiger partial charge in [0.1, 0.15) is 5.75 Å². The number of ether oxygens (including phenoxy) is 1. The van der Waals surface area contributed by atoms with E-state index in [1.54, 1.807) is 7.11 Å². The van der Waals surface area contributed by atoms with Gasteiger partial charge in [-0.25, -0.2) is 0 Å². The maximum atomic E-state index is 12.2. The first-order chi connectivity index (χ1) is 10.6. The Morgan fingerprint density at radius 1 is 1.14 bits per heavy atom. The summed E-state index contributed by atoms with van der Waals surface area (Å²) in [6.45, 7) is 4.53. The number of pyridine rings is 1. The lowest BCUT2D eigenvalue weighted by Gasteiger charge is -2.09. The number of benzene rings is 1. The minimum absolute atomic E-state index is 0.00469. The molecule has 2 aromatic rings. The number of carbonyl (C=O) groups is 1. The van der Waals surface area contributed by atoms with Crippen LogP contribution in [0.2, 0.25) is 0 Å². The largest absolute Gasteiger partial charge is 0.497 e. The van der Waals surface area contributed by atoms with E-state index in [2.05, 4.69) is 12.2 Å². The first kappa shape index (κ1) is 16.0. The normalized spacial score (nSPS) is 11.8. The highest BCUT2D eigenvalue weighted by atomic mass is 16.5. The fourth-order valence-electron chi connectivity index (χ4n) is 2.18. The molecule has 4 heteroatoms. The van der Waals surface area contributed by atoms with Gasteiger partial charge in [0.15, 0.2) is 12.4 Å². The summed E-state index contributed by atoms with van der Waals surface area (Å²) >= 11 is 0. The zero-order valence-electron chi connectivity index (χ0n) is 13.4. The van der Waals surface area contributed by atoms with Crippen molar-refractivity contribution in [3.05, 3.63) is 59.9 Å². The predicted octanol–water partition coefficient (Wildman–Crippen LogP) is 2.42. The number of hydrogen-bond donors (Lipinski definition) is 1. The third-order valence-electron chi connectivity index (χ3n) is 3.78. The van der Waals surface area contributed by atoms with E-state index in [9.17, 15) is 4.79 Å². The SMILES string of the molecule is CCc1cc[n+]([C@@H](C)C(=O)NCc2ccc(OC)cc2)cc1. The van der Waals surface area contributed by atoms with Crippen molar-refractivity contribution in [1.29, 1.82) is 0 Å². The Morgan fingerprint density at radius 2 is 1.77 bits per heavy atom. The van der Waals surface area contributed by atoms with Crippen molar-refractivity contribution in [3.8, 4) is 5.75 Å². The van der Waals surface area contributed by atoms with E-state index in [1.807, 2.05) is 60.3 Å². The van der Waals surface area contributed by atoms with Crippen molar-refractivity contribution in [2.24, 2.45) is 0 Å². The van der Waals surface area contributed by atoms with Gasteiger partial charge in [-0.2, -0.15) is 4.57 Å². The molecule has 0 aliphatic carbocycles. The average molecular weight is 299 g/mol. The van der Waals surface area contributed by atoms with E-state index >= 15 is 0 Å². The van der Waals surface area contributed by atoms with Crippen LogP contribution in [0.25, 0.3) is 0 Å². The van der Waals surface area contributed by atoms with Crippen LogP contribution in [0, 0.1) is 0 Å².